The van der Waals surface area contributed by atoms with Crippen molar-refractivity contribution in [3.63, 3.8) is 0 Å². The van der Waals surface area contributed by atoms with E-state index >= 15 is 0 Å². The Kier molecular flexibility index (Phi) is 4.03. The quantitative estimate of drug-likeness (QED) is 0.344. The number of nitrogens with two attached hydrogens (primary N) is 1. The van der Waals surface area contributed by atoms with Gasteiger partial charge in [0.25, 0.3) is 5.91 Å². The number of imide groups is 1. The molecule has 1 fully saturated rings. The lowest BCUT2D eigenvalue weighted by Crippen LogP contribution is -2.54. The molecule has 14 heavy (non-hydrogen) atoms. The molecule has 7 heteroatoms. The van der Waals surface area contributed by atoms with Crippen LogP contribution in [-0.2, 0) is 19.1 Å². The second-order valence-electron chi connectivity index (χ2n) is 2.75. The molecular formula is C7H11ClN2O4. The summed E-state index contributed by atoms with van der Waals surface area (Å²) in [6.45, 7) is 1.72. The van der Waals surface area contributed by atoms with E-state index in [1.807, 2.05) is 5.32 Å². The van der Waals surface area contributed by atoms with Crippen molar-refractivity contribution >= 4 is 30.2 Å². The number of hydrogen-bond donors (Lipinski definition) is 2. The van der Waals surface area contributed by atoms with Crippen molar-refractivity contribution < 1.29 is 19.1 Å². The van der Waals surface area contributed by atoms with Gasteiger partial charge in [0.15, 0.2) is 0 Å². The summed E-state index contributed by atoms with van der Waals surface area (Å²) in [5.74, 6) is -2.21. The van der Waals surface area contributed by atoms with Gasteiger partial charge in [-0.25, -0.2) is 4.79 Å². The molecule has 0 aromatic heterocycles. The van der Waals surface area contributed by atoms with E-state index < -0.39 is 23.3 Å². The maximum absolute atomic E-state index is 11.2. The first kappa shape index (κ1) is 12.9. The molecule has 0 radical (unpaired) electrons. The molecule has 0 saturated carbocycles. The highest BCUT2D eigenvalue weighted by Gasteiger charge is 2.51. The predicted octanol–water partition coefficient (Wildman–Crippen LogP) is -1.28. The molecule has 6 nitrogen and oxygen atoms in total. The van der Waals surface area contributed by atoms with Crippen LogP contribution in [0, 0.1) is 0 Å². The minimum atomic E-state index is -1.83. The van der Waals surface area contributed by atoms with E-state index in [1.54, 1.807) is 6.92 Å². The number of rotatable bonds is 2. The van der Waals surface area contributed by atoms with Gasteiger partial charge in [0.1, 0.15) is 0 Å². The smallest absolute Gasteiger partial charge is 0.336 e. The summed E-state index contributed by atoms with van der Waals surface area (Å²) >= 11 is 0. The van der Waals surface area contributed by atoms with Crippen molar-refractivity contribution in [1.82, 2.24) is 5.32 Å². The van der Waals surface area contributed by atoms with E-state index in [9.17, 15) is 14.4 Å². The van der Waals surface area contributed by atoms with E-state index in [0.717, 1.165) is 0 Å². The summed E-state index contributed by atoms with van der Waals surface area (Å²) in [6.07, 6.45) is -0.343. The average Bonchev–Trinajstić information content (AvgIpc) is 2.28. The van der Waals surface area contributed by atoms with E-state index in [4.69, 9.17) is 5.73 Å². The maximum Gasteiger partial charge on any atom is 0.336 e. The van der Waals surface area contributed by atoms with Gasteiger partial charge < -0.3 is 10.5 Å². The van der Waals surface area contributed by atoms with Crippen LogP contribution in [0.5, 0.6) is 0 Å². The van der Waals surface area contributed by atoms with Gasteiger partial charge in [-0.2, -0.15) is 0 Å². The van der Waals surface area contributed by atoms with Crippen LogP contribution in [-0.4, -0.2) is 29.9 Å². The van der Waals surface area contributed by atoms with Crippen molar-refractivity contribution in [3.8, 4) is 0 Å². The predicted molar refractivity (Wildman–Crippen MR) is 48.6 cm³/mol. The molecular weight excluding hydrogens is 212 g/mol. The lowest BCUT2D eigenvalue weighted by molar-refractivity contribution is -0.152. The standard InChI is InChI=1S/C7H10N2O4.ClH/c1-2-13-6(12)7(8)3-4(10)9-5(7)11;/h2-3,8H2,1H3,(H,9,10,11);1H. The van der Waals surface area contributed by atoms with Gasteiger partial charge in [-0.05, 0) is 6.92 Å². The molecule has 1 atom stereocenters. The highest BCUT2D eigenvalue weighted by Crippen LogP contribution is 2.15. The molecule has 0 spiro atoms. The van der Waals surface area contributed by atoms with Gasteiger partial charge >= 0.3 is 5.97 Å². The molecule has 80 valence electrons. The zero-order valence-electron chi connectivity index (χ0n) is 7.53. The molecule has 1 saturated heterocycles. The Labute approximate surface area is 86.6 Å². The van der Waals surface area contributed by atoms with Crippen LogP contribution in [0.4, 0.5) is 0 Å². The number of amides is 2. The minimum absolute atomic E-state index is 0. The minimum Gasteiger partial charge on any atom is -0.464 e. The third kappa shape index (κ3) is 2.02. The topological polar surface area (TPSA) is 98.5 Å². The number of hydrogen-bond acceptors (Lipinski definition) is 5. The first-order valence-electron chi connectivity index (χ1n) is 3.81. The molecule has 0 bridgehead atoms. The van der Waals surface area contributed by atoms with Crippen LogP contribution in [0.25, 0.3) is 0 Å². The first-order chi connectivity index (χ1) is 6.00. The van der Waals surface area contributed by atoms with E-state index in [2.05, 4.69) is 4.74 Å². The first-order valence-corrected chi connectivity index (χ1v) is 3.81. The molecule has 1 rings (SSSR count). The fourth-order valence-electron chi connectivity index (χ4n) is 1.04. The number of nitrogens with one attached hydrogen (secondary N) is 1. The van der Waals surface area contributed by atoms with Gasteiger partial charge in [-0.3, -0.25) is 14.9 Å². The number of carbonyl (C=O) groups is 3. The second kappa shape index (κ2) is 4.39. The Balaban J connectivity index is 0.00000169. The SMILES string of the molecule is CCOC(=O)C1(N)CC(=O)NC1=O.Cl. The van der Waals surface area contributed by atoms with Gasteiger partial charge in [-0.15, -0.1) is 12.4 Å². The number of carbonyl (C=O) groups excluding carboxylic acids is 3. The third-order valence-corrected chi connectivity index (χ3v) is 1.74. The number of halogens is 1. The Morgan fingerprint density at radius 3 is 2.57 bits per heavy atom. The van der Waals surface area contributed by atoms with Gasteiger partial charge in [0.05, 0.1) is 13.0 Å². The Morgan fingerprint density at radius 2 is 2.21 bits per heavy atom. The molecule has 0 aromatic rings. The second-order valence-corrected chi connectivity index (χ2v) is 2.75. The van der Waals surface area contributed by atoms with Gasteiger partial charge in [-0.1, -0.05) is 0 Å². The summed E-state index contributed by atoms with van der Waals surface area (Å²) in [5.41, 5.74) is 3.59. The highest BCUT2D eigenvalue weighted by molar-refractivity contribution is 6.19. The zero-order valence-corrected chi connectivity index (χ0v) is 8.35. The molecule has 1 unspecified atom stereocenters. The molecule has 0 aliphatic carbocycles. The summed E-state index contributed by atoms with van der Waals surface area (Å²) < 4.78 is 4.57. The summed E-state index contributed by atoms with van der Waals surface area (Å²) in [6, 6.07) is 0. The third-order valence-electron chi connectivity index (χ3n) is 1.74. The molecule has 1 heterocycles. The summed E-state index contributed by atoms with van der Waals surface area (Å²) in [7, 11) is 0. The van der Waals surface area contributed by atoms with E-state index in [-0.39, 0.29) is 25.4 Å². The Bertz CT molecular complexity index is 281. The summed E-state index contributed by atoms with van der Waals surface area (Å²) in [4.78, 5) is 33.0. The zero-order chi connectivity index (χ0) is 10.1. The van der Waals surface area contributed by atoms with Crippen molar-refractivity contribution in [2.24, 2.45) is 5.73 Å². The van der Waals surface area contributed by atoms with Gasteiger partial charge in [0.2, 0.25) is 11.4 Å². The fraction of sp³-hybridized carbons (Fsp3) is 0.571. The van der Waals surface area contributed by atoms with Crippen molar-refractivity contribution in [1.29, 1.82) is 0 Å². The maximum atomic E-state index is 11.2. The average molecular weight is 223 g/mol. The molecule has 1 aliphatic rings. The lowest BCUT2D eigenvalue weighted by atomic mass is 10.00. The van der Waals surface area contributed by atoms with Crippen LogP contribution < -0.4 is 11.1 Å². The highest BCUT2D eigenvalue weighted by atomic mass is 35.5. The normalized spacial score (nSPS) is 25.3. The van der Waals surface area contributed by atoms with Crippen LogP contribution in [0.15, 0.2) is 0 Å². The van der Waals surface area contributed by atoms with Crippen molar-refractivity contribution in [2.45, 2.75) is 18.9 Å². The van der Waals surface area contributed by atoms with Crippen LogP contribution >= 0.6 is 12.4 Å². The number of esters is 1. The molecule has 3 N–H and O–H groups in total. The van der Waals surface area contributed by atoms with Crippen LogP contribution in [0.2, 0.25) is 0 Å². The Morgan fingerprint density at radius 1 is 1.64 bits per heavy atom. The van der Waals surface area contributed by atoms with E-state index in [0.29, 0.717) is 0 Å². The van der Waals surface area contributed by atoms with Crippen molar-refractivity contribution in [2.75, 3.05) is 6.61 Å². The molecule has 0 aromatic carbocycles. The fourth-order valence-corrected chi connectivity index (χ4v) is 1.04. The molecule has 1 aliphatic heterocycles. The van der Waals surface area contributed by atoms with Crippen LogP contribution in [0.3, 0.4) is 0 Å². The summed E-state index contributed by atoms with van der Waals surface area (Å²) in [5, 5.41) is 1.94. The van der Waals surface area contributed by atoms with E-state index in [1.165, 1.54) is 0 Å². The number of ether oxygens (including phenoxy) is 1. The van der Waals surface area contributed by atoms with Gasteiger partial charge in [0, 0.05) is 0 Å². The van der Waals surface area contributed by atoms with Crippen LogP contribution in [0.1, 0.15) is 13.3 Å². The lowest BCUT2D eigenvalue weighted by Gasteiger charge is -2.16. The molecule has 2 amide bonds. The van der Waals surface area contributed by atoms with Crippen molar-refractivity contribution in [3.05, 3.63) is 0 Å². The largest absolute Gasteiger partial charge is 0.464 e. The monoisotopic (exact) mass is 222 g/mol. The Hall–Kier alpha value is -1.14.